The fourth-order valence-electron chi connectivity index (χ4n) is 1.73. The average molecular weight is 276 g/mol. The fraction of sp³-hybridized carbons (Fsp3) is 0. The quantitative estimate of drug-likeness (QED) is 0.449. The Hall–Kier alpha value is -1.93. The minimum absolute atomic E-state index is 0.772. The summed E-state index contributed by atoms with van der Waals surface area (Å²) in [5.41, 5.74) is 2.64. The van der Waals surface area contributed by atoms with Crippen molar-refractivity contribution in [1.29, 1.82) is 0 Å². The van der Waals surface area contributed by atoms with Crippen molar-refractivity contribution in [2.75, 3.05) is 0 Å². The predicted octanol–water partition coefficient (Wildman–Crippen LogP) is 2.27. The Labute approximate surface area is 112 Å². The number of aromatic amines is 1. The number of benzene rings is 2. The Morgan fingerprint density at radius 3 is 2.79 bits per heavy atom. The van der Waals surface area contributed by atoms with Crippen LogP contribution in [-0.4, -0.2) is 15.2 Å². The van der Waals surface area contributed by atoms with E-state index < -0.39 is 0 Å². The molecule has 0 spiro atoms. The summed E-state index contributed by atoms with van der Waals surface area (Å²) in [4.78, 5) is 2.47. The second-order valence-electron chi connectivity index (χ2n) is 3.76. The van der Waals surface area contributed by atoms with Gasteiger partial charge in [-0.05, 0) is 29.1 Å². The van der Waals surface area contributed by atoms with Crippen LogP contribution in [0.2, 0.25) is 0 Å². The van der Waals surface area contributed by atoms with Gasteiger partial charge in [0.05, 0.1) is 17.1 Å². The van der Waals surface area contributed by atoms with Gasteiger partial charge in [0, 0.05) is 11.0 Å². The molecule has 0 bridgehead atoms. The van der Waals surface area contributed by atoms with Crippen molar-refractivity contribution < 1.29 is 19.7 Å². The van der Waals surface area contributed by atoms with Crippen molar-refractivity contribution in [3.8, 4) is 5.69 Å². The van der Waals surface area contributed by atoms with Crippen LogP contribution in [0.15, 0.2) is 53.4 Å². The van der Waals surface area contributed by atoms with Gasteiger partial charge in [0.15, 0.2) is 5.52 Å². The molecular weight excluding hydrogens is 266 g/mol. The SMILES string of the molecule is OOOSc1ccc2[nH+]n(-c3ccccc3)nc2c1. The molecule has 19 heavy (non-hydrogen) atoms. The highest BCUT2D eigenvalue weighted by Crippen LogP contribution is 2.22. The summed E-state index contributed by atoms with van der Waals surface area (Å²) in [6.45, 7) is 0. The molecule has 0 saturated carbocycles. The highest BCUT2D eigenvalue weighted by Gasteiger charge is 2.13. The smallest absolute Gasteiger partial charge is 0.220 e. The summed E-state index contributed by atoms with van der Waals surface area (Å²) >= 11 is 0.905. The van der Waals surface area contributed by atoms with Gasteiger partial charge in [-0.25, -0.2) is 5.26 Å². The van der Waals surface area contributed by atoms with Crippen LogP contribution in [0.25, 0.3) is 16.7 Å². The predicted molar refractivity (Wildman–Crippen MR) is 68.3 cm³/mol. The molecule has 2 N–H and O–H groups in total. The van der Waals surface area contributed by atoms with Crippen LogP contribution in [0.4, 0.5) is 0 Å². The third-order valence-corrected chi connectivity index (χ3v) is 3.14. The maximum absolute atomic E-state index is 8.12. The molecular formula is C12H10N3O3S+. The van der Waals surface area contributed by atoms with Crippen LogP contribution in [0.1, 0.15) is 0 Å². The highest BCUT2D eigenvalue weighted by atomic mass is 32.2. The second-order valence-corrected chi connectivity index (χ2v) is 4.54. The van der Waals surface area contributed by atoms with Crippen molar-refractivity contribution in [2.45, 2.75) is 4.90 Å². The Kier molecular flexibility index (Phi) is 3.43. The molecule has 6 nitrogen and oxygen atoms in total. The first-order chi connectivity index (χ1) is 9.36. The maximum Gasteiger partial charge on any atom is 0.250 e. The molecule has 0 radical (unpaired) electrons. The summed E-state index contributed by atoms with van der Waals surface area (Å²) in [6, 6.07) is 15.3. The number of nitrogens with zero attached hydrogens (tertiary/aromatic N) is 2. The van der Waals surface area contributed by atoms with Crippen molar-refractivity contribution >= 4 is 23.1 Å². The fourth-order valence-corrected chi connectivity index (χ4v) is 2.13. The lowest BCUT2D eigenvalue weighted by Gasteiger charge is -1.93. The highest BCUT2D eigenvalue weighted by molar-refractivity contribution is 7.94. The Morgan fingerprint density at radius 1 is 1.16 bits per heavy atom. The van der Waals surface area contributed by atoms with Gasteiger partial charge in [-0.1, -0.05) is 23.2 Å². The van der Waals surface area contributed by atoms with E-state index in [1.54, 1.807) is 4.80 Å². The number of hydrogen-bond donors (Lipinski definition) is 1. The molecule has 0 unspecified atom stereocenters. The molecule has 2 aromatic carbocycles. The van der Waals surface area contributed by atoms with E-state index in [1.165, 1.54) is 0 Å². The van der Waals surface area contributed by atoms with Crippen LogP contribution in [0.3, 0.4) is 0 Å². The minimum Gasteiger partial charge on any atom is -0.220 e. The van der Waals surface area contributed by atoms with Gasteiger partial charge in [-0.3, -0.25) is 0 Å². The molecule has 0 aliphatic rings. The molecule has 7 heteroatoms. The number of fused-ring (bicyclic) bond motifs is 1. The topological polar surface area (TPSA) is 70.7 Å². The summed E-state index contributed by atoms with van der Waals surface area (Å²) < 4.78 is 4.39. The molecule has 0 aliphatic heterocycles. The molecule has 3 rings (SSSR count). The number of H-pyrrole nitrogens is 1. The molecule has 1 heterocycles. The third kappa shape index (κ3) is 2.59. The number of hydrogen-bond acceptors (Lipinski definition) is 5. The lowest BCUT2D eigenvalue weighted by molar-refractivity contribution is -0.454. The molecule has 0 aliphatic carbocycles. The third-order valence-electron chi connectivity index (χ3n) is 2.56. The first-order valence-electron chi connectivity index (χ1n) is 5.49. The van der Waals surface area contributed by atoms with Crippen LogP contribution < -0.4 is 5.10 Å². The molecule has 1 aromatic heterocycles. The van der Waals surface area contributed by atoms with Crippen molar-refractivity contribution in [3.63, 3.8) is 0 Å². The Balaban J connectivity index is 1.97. The van der Waals surface area contributed by atoms with Crippen molar-refractivity contribution in [3.05, 3.63) is 48.5 Å². The summed E-state index contributed by atoms with van der Waals surface area (Å²) in [6.07, 6.45) is 0. The minimum atomic E-state index is 0.772. The van der Waals surface area contributed by atoms with E-state index in [-0.39, 0.29) is 0 Å². The Morgan fingerprint density at radius 2 is 2.00 bits per heavy atom. The monoisotopic (exact) mass is 276 g/mol. The van der Waals surface area contributed by atoms with Gasteiger partial charge in [-0.2, -0.15) is 5.10 Å². The van der Waals surface area contributed by atoms with E-state index in [0.29, 0.717) is 0 Å². The van der Waals surface area contributed by atoms with Gasteiger partial charge in [-0.15, -0.1) is 4.33 Å². The molecule has 0 amide bonds. The lowest BCUT2D eigenvalue weighted by atomic mass is 10.3. The van der Waals surface area contributed by atoms with Crippen LogP contribution in [0.5, 0.6) is 0 Å². The van der Waals surface area contributed by atoms with E-state index in [2.05, 4.69) is 19.6 Å². The average Bonchev–Trinajstić information content (AvgIpc) is 2.89. The Bertz CT molecular complexity index is 687. The first-order valence-corrected chi connectivity index (χ1v) is 6.23. The number of para-hydroxylation sites is 1. The zero-order valence-electron chi connectivity index (χ0n) is 9.69. The lowest BCUT2D eigenvalue weighted by Crippen LogP contribution is -2.17. The summed E-state index contributed by atoms with van der Waals surface area (Å²) in [7, 11) is 0. The van der Waals surface area contributed by atoms with Crippen LogP contribution in [0, 0.1) is 0 Å². The van der Waals surface area contributed by atoms with Crippen molar-refractivity contribution in [2.24, 2.45) is 0 Å². The number of nitrogens with one attached hydrogen (secondary N) is 1. The van der Waals surface area contributed by atoms with Crippen molar-refractivity contribution in [1.82, 2.24) is 9.90 Å². The normalized spacial score (nSPS) is 11.0. The molecule has 96 valence electrons. The van der Waals surface area contributed by atoms with Crippen LogP contribution in [-0.2, 0) is 9.37 Å². The first kappa shape index (κ1) is 12.1. The molecule has 0 atom stereocenters. The standard InChI is InChI=1S/C12H9N3O3S/c16-17-18-19-10-6-7-11-12(8-10)14-15(13-11)9-4-2-1-3-5-9/h1-8,16H/p+1. The van der Waals surface area contributed by atoms with Gasteiger partial charge in [0.1, 0.15) is 5.69 Å². The zero-order chi connectivity index (χ0) is 13.1. The van der Waals surface area contributed by atoms with E-state index in [1.807, 2.05) is 48.5 Å². The van der Waals surface area contributed by atoms with Crippen LogP contribution >= 0.6 is 12.0 Å². The van der Waals surface area contributed by atoms with E-state index >= 15 is 0 Å². The molecule has 0 saturated heterocycles. The number of aromatic nitrogens is 3. The van der Waals surface area contributed by atoms with E-state index in [4.69, 9.17) is 5.26 Å². The summed E-state index contributed by atoms with van der Waals surface area (Å²) in [5.74, 6) is 0. The number of rotatable bonds is 4. The second kappa shape index (κ2) is 5.37. The zero-order valence-corrected chi connectivity index (χ0v) is 10.5. The van der Waals surface area contributed by atoms with Gasteiger partial charge in [0.25, 0.3) is 5.52 Å². The molecule has 3 aromatic rings. The maximum atomic E-state index is 8.12. The van der Waals surface area contributed by atoms with E-state index in [9.17, 15) is 0 Å². The molecule has 0 fully saturated rings. The van der Waals surface area contributed by atoms with Gasteiger partial charge in [0.2, 0.25) is 0 Å². The summed E-state index contributed by atoms with van der Waals surface area (Å²) in [5, 5.41) is 19.3. The van der Waals surface area contributed by atoms with E-state index in [0.717, 1.165) is 33.7 Å². The van der Waals surface area contributed by atoms with Gasteiger partial charge < -0.3 is 0 Å². The van der Waals surface area contributed by atoms with Gasteiger partial charge >= 0.3 is 0 Å². The largest absolute Gasteiger partial charge is 0.250 e.